The number of ketones is 2. The van der Waals surface area contributed by atoms with Gasteiger partial charge in [0.25, 0.3) is 0 Å². The van der Waals surface area contributed by atoms with Crippen LogP contribution in [0.3, 0.4) is 0 Å². The second-order valence-corrected chi connectivity index (χ2v) is 7.29. The summed E-state index contributed by atoms with van der Waals surface area (Å²) in [5, 5.41) is 0. The van der Waals surface area contributed by atoms with E-state index in [1.165, 1.54) is 0 Å². The van der Waals surface area contributed by atoms with Gasteiger partial charge in [-0.05, 0) is 12.8 Å². The molecular formula is C16H30O2. The zero-order chi connectivity index (χ0) is 14.8. The van der Waals surface area contributed by atoms with Gasteiger partial charge in [-0.1, -0.05) is 55.4 Å². The van der Waals surface area contributed by atoms with E-state index in [1.807, 2.05) is 55.4 Å². The van der Waals surface area contributed by atoms with Gasteiger partial charge in [0.1, 0.15) is 11.6 Å². The summed E-state index contributed by atoms with van der Waals surface area (Å²) in [5.41, 5.74) is -1.24. The molecule has 18 heavy (non-hydrogen) atoms. The van der Waals surface area contributed by atoms with Crippen molar-refractivity contribution < 1.29 is 9.59 Å². The predicted octanol–water partition coefficient (Wildman–Crippen LogP) is 4.41. The zero-order valence-corrected chi connectivity index (χ0v) is 13.4. The first-order valence-electron chi connectivity index (χ1n) is 6.99. The van der Waals surface area contributed by atoms with E-state index in [2.05, 4.69) is 0 Å². The van der Waals surface area contributed by atoms with Crippen molar-refractivity contribution in [2.24, 2.45) is 16.2 Å². The molecule has 0 atom stereocenters. The molecule has 0 aromatic heterocycles. The Labute approximate surface area is 113 Å². The van der Waals surface area contributed by atoms with Crippen LogP contribution in [0.15, 0.2) is 0 Å². The van der Waals surface area contributed by atoms with Crippen LogP contribution in [-0.2, 0) is 9.59 Å². The molecule has 0 aliphatic heterocycles. The van der Waals surface area contributed by atoms with Gasteiger partial charge in [-0.15, -0.1) is 0 Å². The van der Waals surface area contributed by atoms with Gasteiger partial charge in [-0.3, -0.25) is 9.59 Å². The maximum Gasteiger partial charge on any atom is 0.144 e. The lowest BCUT2D eigenvalue weighted by Crippen LogP contribution is -2.40. The normalized spacial score (nSPS) is 13.6. The first kappa shape index (κ1) is 17.3. The molecule has 0 fully saturated rings. The van der Waals surface area contributed by atoms with Crippen molar-refractivity contribution in [2.45, 2.75) is 74.7 Å². The second-order valence-electron chi connectivity index (χ2n) is 7.29. The fourth-order valence-electron chi connectivity index (χ4n) is 1.99. The van der Waals surface area contributed by atoms with E-state index >= 15 is 0 Å². The van der Waals surface area contributed by atoms with Crippen molar-refractivity contribution in [2.75, 3.05) is 0 Å². The van der Waals surface area contributed by atoms with Gasteiger partial charge in [-0.25, -0.2) is 0 Å². The van der Waals surface area contributed by atoms with E-state index in [-0.39, 0.29) is 22.4 Å². The molecule has 2 heteroatoms. The van der Waals surface area contributed by atoms with Crippen molar-refractivity contribution in [3.8, 4) is 0 Å². The lowest BCUT2D eigenvalue weighted by molar-refractivity contribution is -0.141. The summed E-state index contributed by atoms with van der Waals surface area (Å²) in [5.74, 6) is 0.382. The average Bonchev–Trinajstić information content (AvgIpc) is 2.27. The third kappa shape index (κ3) is 3.93. The molecule has 0 N–H and O–H groups in total. The first-order chi connectivity index (χ1) is 7.90. The first-order valence-corrected chi connectivity index (χ1v) is 6.99. The summed E-state index contributed by atoms with van der Waals surface area (Å²) in [6.45, 7) is 15.7. The van der Waals surface area contributed by atoms with E-state index in [9.17, 15) is 9.59 Å². The van der Waals surface area contributed by atoms with Crippen molar-refractivity contribution in [1.82, 2.24) is 0 Å². The quantitative estimate of drug-likeness (QED) is 0.674. The monoisotopic (exact) mass is 254 g/mol. The number of carbonyl (C=O) groups excluding carboxylic acids is 2. The molecule has 0 aliphatic rings. The molecule has 0 aromatic rings. The lowest BCUT2D eigenvalue weighted by Gasteiger charge is -2.34. The number of hydrogen-bond acceptors (Lipinski definition) is 2. The van der Waals surface area contributed by atoms with Crippen LogP contribution in [0.2, 0.25) is 0 Å². The molecule has 0 rings (SSSR count). The van der Waals surface area contributed by atoms with Crippen LogP contribution < -0.4 is 0 Å². The molecule has 0 aromatic carbocycles. The molecule has 0 aliphatic carbocycles. The molecule has 0 bridgehead atoms. The molecule has 0 unspecified atom stereocenters. The molecular weight excluding hydrogens is 224 g/mol. The van der Waals surface area contributed by atoms with Crippen LogP contribution >= 0.6 is 0 Å². The Kier molecular flexibility index (Phi) is 5.34. The molecule has 106 valence electrons. The van der Waals surface area contributed by atoms with Crippen LogP contribution in [0.4, 0.5) is 0 Å². The second kappa shape index (κ2) is 5.54. The summed E-state index contributed by atoms with van der Waals surface area (Å²) >= 11 is 0. The van der Waals surface area contributed by atoms with Gasteiger partial charge in [0.15, 0.2) is 0 Å². The standard InChI is InChI=1S/C16H30O2/c1-9-14(3,4)12(17)11-16(7,8)13(18)15(5,6)10-2/h9-11H2,1-8H3. The third-order valence-electron chi connectivity index (χ3n) is 4.35. The molecule has 0 heterocycles. The minimum Gasteiger partial charge on any atom is -0.299 e. The summed E-state index contributed by atoms with van der Waals surface area (Å²) < 4.78 is 0. The van der Waals surface area contributed by atoms with Crippen LogP contribution in [0.5, 0.6) is 0 Å². The molecule has 0 spiro atoms. The van der Waals surface area contributed by atoms with E-state index < -0.39 is 5.41 Å². The van der Waals surface area contributed by atoms with E-state index in [4.69, 9.17) is 0 Å². The maximum atomic E-state index is 12.5. The third-order valence-corrected chi connectivity index (χ3v) is 4.35. The van der Waals surface area contributed by atoms with Crippen LogP contribution in [0.25, 0.3) is 0 Å². The smallest absolute Gasteiger partial charge is 0.144 e. The number of Topliss-reactive ketones (excluding diaryl/α,β-unsaturated/α-hetero) is 2. The zero-order valence-electron chi connectivity index (χ0n) is 13.4. The van der Waals surface area contributed by atoms with Crippen molar-refractivity contribution in [1.29, 1.82) is 0 Å². The van der Waals surface area contributed by atoms with Crippen LogP contribution in [-0.4, -0.2) is 11.6 Å². The van der Waals surface area contributed by atoms with Crippen molar-refractivity contribution >= 4 is 11.6 Å². The van der Waals surface area contributed by atoms with Gasteiger partial charge in [0, 0.05) is 22.7 Å². The van der Waals surface area contributed by atoms with E-state index in [1.54, 1.807) is 0 Å². The number of carbonyl (C=O) groups is 2. The topological polar surface area (TPSA) is 34.1 Å². The van der Waals surface area contributed by atoms with Gasteiger partial charge in [-0.2, -0.15) is 0 Å². The molecule has 0 radical (unpaired) electrons. The van der Waals surface area contributed by atoms with Gasteiger partial charge < -0.3 is 0 Å². The highest BCUT2D eigenvalue weighted by molar-refractivity contribution is 5.95. The summed E-state index contributed by atoms with van der Waals surface area (Å²) in [7, 11) is 0. The molecule has 0 saturated carbocycles. The summed E-state index contributed by atoms with van der Waals surface area (Å²) in [6.07, 6.45) is 1.96. The lowest BCUT2D eigenvalue weighted by atomic mass is 9.67. The largest absolute Gasteiger partial charge is 0.299 e. The maximum absolute atomic E-state index is 12.5. The minimum atomic E-state index is -0.566. The highest BCUT2D eigenvalue weighted by atomic mass is 16.1. The van der Waals surface area contributed by atoms with Gasteiger partial charge >= 0.3 is 0 Å². The highest BCUT2D eigenvalue weighted by Crippen LogP contribution is 2.37. The Morgan fingerprint density at radius 2 is 1.11 bits per heavy atom. The average molecular weight is 254 g/mol. The van der Waals surface area contributed by atoms with Crippen molar-refractivity contribution in [3.63, 3.8) is 0 Å². The van der Waals surface area contributed by atoms with Crippen LogP contribution in [0.1, 0.15) is 74.7 Å². The molecule has 0 amide bonds. The Morgan fingerprint density at radius 1 is 0.722 bits per heavy atom. The van der Waals surface area contributed by atoms with E-state index in [0.29, 0.717) is 6.42 Å². The van der Waals surface area contributed by atoms with Crippen LogP contribution in [0, 0.1) is 16.2 Å². The Morgan fingerprint density at radius 3 is 1.44 bits per heavy atom. The summed E-state index contributed by atoms with van der Waals surface area (Å²) in [4.78, 5) is 24.8. The fourth-order valence-corrected chi connectivity index (χ4v) is 1.99. The van der Waals surface area contributed by atoms with Crippen molar-refractivity contribution in [3.05, 3.63) is 0 Å². The molecule has 2 nitrogen and oxygen atoms in total. The summed E-state index contributed by atoms with van der Waals surface area (Å²) in [6, 6.07) is 0. The Bertz CT molecular complexity index is 322. The fraction of sp³-hybridized carbons (Fsp3) is 0.875. The number of hydrogen-bond donors (Lipinski definition) is 0. The Balaban J connectivity index is 4.98. The number of rotatable bonds is 7. The molecule has 0 saturated heterocycles. The minimum absolute atomic E-state index is 0.190. The van der Waals surface area contributed by atoms with E-state index in [0.717, 1.165) is 12.8 Å². The Hall–Kier alpha value is -0.660. The SMILES string of the molecule is CCC(C)(C)C(=O)CC(C)(C)C(=O)C(C)(C)CC. The van der Waals surface area contributed by atoms with Gasteiger partial charge in [0.2, 0.25) is 0 Å². The van der Waals surface area contributed by atoms with Gasteiger partial charge in [0.05, 0.1) is 0 Å². The predicted molar refractivity (Wildman–Crippen MR) is 76.6 cm³/mol. The highest BCUT2D eigenvalue weighted by Gasteiger charge is 2.41.